The zero-order valence-electron chi connectivity index (χ0n) is 8.77. The normalized spacial score (nSPS) is 10.8. The first-order valence-corrected chi connectivity index (χ1v) is 4.99. The van der Waals surface area contributed by atoms with Crippen molar-refractivity contribution in [2.75, 3.05) is 6.54 Å². The minimum atomic E-state index is 0.639. The molecule has 0 fully saturated rings. The molecule has 2 aromatic rings. The molecule has 2 aromatic heterocycles. The van der Waals surface area contributed by atoms with Gasteiger partial charge in [0.05, 0.1) is 6.20 Å². The van der Waals surface area contributed by atoms with Gasteiger partial charge >= 0.3 is 0 Å². The molecule has 0 aliphatic carbocycles. The van der Waals surface area contributed by atoms with Gasteiger partial charge in [0.2, 0.25) is 0 Å². The van der Waals surface area contributed by atoms with E-state index in [1.54, 1.807) is 6.20 Å². The van der Waals surface area contributed by atoms with Crippen molar-refractivity contribution in [1.82, 2.24) is 20.0 Å². The molecular weight excluding hydrogens is 190 g/mol. The van der Waals surface area contributed by atoms with Crippen molar-refractivity contribution in [3.8, 4) is 0 Å². The van der Waals surface area contributed by atoms with Crippen LogP contribution in [0.5, 0.6) is 0 Å². The zero-order chi connectivity index (χ0) is 10.7. The van der Waals surface area contributed by atoms with Crippen LogP contribution < -0.4 is 5.73 Å². The molecule has 5 heteroatoms. The maximum Gasteiger partial charge on any atom is 0.0526 e. The van der Waals surface area contributed by atoms with Gasteiger partial charge in [0.25, 0.3) is 0 Å². The Labute approximate surface area is 88.3 Å². The lowest BCUT2D eigenvalue weighted by atomic mass is 10.1. The van der Waals surface area contributed by atoms with Crippen LogP contribution in [0.3, 0.4) is 0 Å². The first-order valence-electron chi connectivity index (χ1n) is 4.99. The van der Waals surface area contributed by atoms with E-state index in [4.69, 9.17) is 5.73 Å². The lowest BCUT2D eigenvalue weighted by Gasteiger charge is -2.02. The Morgan fingerprint density at radius 2 is 2.40 bits per heavy atom. The molecule has 3 N–H and O–H groups in total. The van der Waals surface area contributed by atoms with E-state index < -0.39 is 0 Å². The van der Waals surface area contributed by atoms with Crippen LogP contribution in [0.15, 0.2) is 18.5 Å². The van der Waals surface area contributed by atoms with E-state index in [1.165, 1.54) is 11.3 Å². The molecule has 0 unspecified atom stereocenters. The Balaban J connectivity index is 2.17. The summed E-state index contributed by atoms with van der Waals surface area (Å²) in [5, 5.41) is 11.2. The summed E-state index contributed by atoms with van der Waals surface area (Å²) in [7, 11) is 1.94. The van der Waals surface area contributed by atoms with E-state index in [0.29, 0.717) is 6.54 Å². The van der Waals surface area contributed by atoms with E-state index in [9.17, 15) is 0 Å². The number of nitrogens with two attached hydrogens (primary N) is 1. The molecule has 0 aromatic carbocycles. The summed E-state index contributed by atoms with van der Waals surface area (Å²) in [6.45, 7) is 0.639. The molecule has 0 amide bonds. The van der Waals surface area contributed by atoms with Gasteiger partial charge in [-0.15, -0.1) is 0 Å². The average molecular weight is 205 g/mol. The van der Waals surface area contributed by atoms with Gasteiger partial charge in [-0.2, -0.15) is 10.2 Å². The minimum Gasteiger partial charge on any atom is -0.330 e. The SMILES string of the molecule is Cn1nccc1Cc1cn[nH]c1CCN. The largest absolute Gasteiger partial charge is 0.330 e. The number of hydrogen-bond acceptors (Lipinski definition) is 3. The van der Waals surface area contributed by atoms with Crippen LogP contribution in [0.2, 0.25) is 0 Å². The van der Waals surface area contributed by atoms with Crippen molar-refractivity contribution in [1.29, 1.82) is 0 Å². The summed E-state index contributed by atoms with van der Waals surface area (Å²) in [6, 6.07) is 2.01. The second-order valence-corrected chi connectivity index (χ2v) is 3.54. The molecule has 0 aliphatic rings. The molecule has 2 rings (SSSR count). The molecule has 0 saturated heterocycles. The van der Waals surface area contributed by atoms with Crippen molar-refractivity contribution in [3.63, 3.8) is 0 Å². The van der Waals surface area contributed by atoms with Gasteiger partial charge in [0.15, 0.2) is 0 Å². The van der Waals surface area contributed by atoms with E-state index >= 15 is 0 Å². The van der Waals surface area contributed by atoms with Crippen molar-refractivity contribution >= 4 is 0 Å². The Hall–Kier alpha value is -1.62. The summed E-state index contributed by atoms with van der Waals surface area (Å²) in [6.07, 6.45) is 5.35. The zero-order valence-corrected chi connectivity index (χ0v) is 8.77. The number of aromatic amines is 1. The summed E-state index contributed by atoms with van der Waals surface area (Å²) in [4.78, 5) is 0. The summed E-state index contributed by atoms with van der Waals surface area (Å²) in [5.41, 5.74) is 9.02. The van der Waals surface area contributed by atoms with Gasteiger partial charge in [-0.25, -0.2) is 0 Å². The summed E-state index contributed by atoms with van der Waals surface area (Å²) >= 11 is 0. The van der Waals surface area contributed by atoms with E-state index in [0.717, 1.165) is 18.5 Å². The third-order valence-corrected chi connectivity index (χ3v) is 2.50. The predicted molar refractivity (Wildman–Crippen MR) is 57.4 cm³/mol. The van der Waals surface area contributed by atoms with Crippen LogP contribution in [-0.4, -0.2) is 26.5 Å². The van der Waals surface area contributed by atoms with Crippen molar-refractivity contribution in [2.45, 2.75) is 12.8 Å². The highest BCUT2D eigenvalue weighted by Gasteiger charge is 2.07. The highest BCUT2D eigenvalue weighted by molar-refractivity contribution is 5.23. The highest BCUT2D eigenvalue weighted by atomic mass is 15.3. The van der Waals surface area contributed by atoms with Crippen LogP contribution in [-0.2, 0) is 19.9 Å². The van der Waals surface area contributed by atoms with Crippen molar-refractivity contribution in [3.05, 3.63) is 35.4 Å². The quantitative estimate of drug-likeness (QED) is 0.750. The first-order chi connectivity index (χ1) is 7.31. The van der Waals surface area contributed by atoms with Crippen LogP contribution in [0, 0.1) is 0 Å². The average Bonchev–Trinajstić information content (AvgIpc) is 2.80. The monoisotopic (exact) mass is 205 g/mol. The summed E-state index contributed by atoms with van der Waals surface area (Å²) < 4.78 is 1.87. The second kappa shape index (κ2) is 4.27. The summed E-state index contributed by atoms with van der Waals surface area (Å²) in [5.74, 6) is 0. The molecule has 0 spiro atoms. The van der Waals surface area contributed by atoms with Crippen LogP contribution in [0.4, 0.5) is 0 Å². The Kier molecular flexibility index (Phi) is 2.82. The lowest BCUT2D eigenvalue weighted by molar-refractivity contribution is 0.722. The number of rotatable bonds is 4. The smallest absolute Gasteiger partial charge is 0.0526 e. The molecule has 0 bridgehead atoms. The molecule has 0 radical (unpaired) electrons. The third-order valence-electron chi connectivity index (χ3n) is 2.50. The van der Waals surface area contributed by atoms with Crippen molar-refractivity contribution in [2.24, 2.45) is 12.8 Å². The first kappa shape index (κ1) is 9.92. The van der Waals surface area contributed by atoms with E-state index in [1.807, 2.05) is 24.0 Å². The van der Waals surface area contributed by atoms with Gasteiger partial charge in [0, 0.05) is 37.5 Å². The third kappa shape index (κ3) is 2.07. The van der Waals surface area contributed by atoms with Gasteiger partial charge in [-0.05, 0) is 18.2 Å². The lowest BCUT2D eigenvalue weighted by Crippen LogP contribution is -2.06. The van der Waals surface area contributed by atoms with E-state index in [2.05, 4.69) is 15.3 Å². The standard InChI is InChI=1S/C10H15N5/c1-15-9(3-5-13-15)6-8-7-12-14-10(8)2-4-11/h3,5,7H,2,4,6,11H2,1H3,(H,12,14). The fourth-order valence-corrected chi connectivity index (χ4v) is 1.62. The van der Waals surface area contributed by atoms with Crippen molar-refractivity contribution < 1.29 is 0 Å². The molecule has 0 aliphatic heterocycles. The maximum absolute atomic E-state index is 5.53. The topological polar surface area (TPSA) is 72.5 Å². The molecule has 2 heterocycles. The Morgan fingerprint density at radius 3 is 3.07 bits per heavy atom. The fourth-order valence-electron chi connectivity index (χ4n) is 1.62. The Morgan fingerprint density at radius 1 is 1.53 bits per heavy atom. The fraction of sp³-hybridized carbons (Fsp3) is 0.400. The second-order valence-electron chi connectivity index (χ2n) is 3.54. The Bertz CT molecular complexity index is 428. The van der Waals surface area contributed by atoms with Gasteiger partial charge < -0.3 is 5.73 Å². The molecule has 80 valence electrons. The molecule has 5 nitrogen and oxygen atoms in total. The molecule has 0 saturated carbocycles. The van der Waals surface area contributed by atoms with Crippen LogP contribution >= 0.6 is 0 Å². The highest BCUT2D eigenvalue weighted by Crippen LogP contribution is 2.11. The van der Waals surface area contributed by atoms with Gasteiger partial charge in [0.1, 0.15) is 0 Å². The predicted octanol–water partition coefficient (Wildman–Crippen LogP) is 0.235. The number of aryl methyl sites for hydroxylation is 1. The molecular formula is C10H15N5. The molecule has 0 atom stereocenters. The van der Waals surface area contributed by atoms with Gasteiger partial charge in [-0.1, -0.05) is 0 Å². The molecule has 15 heavy (non-hydrogen) atoms. The number of aromatic nitrogens is 4. The number of hydrogen-bond donors (Lipinski definition) is 2. The maximum atomic E-state index is 5.53. The number of nitrogens with zero attached hydrogens (tertiary/aromatic N) is 3. The van der Waals surface area contributed by atoms with Gasteiger partial charge in [-0.3, -0.25) is 9.78 Å². The van der Waals surface area contributed by atoms with Crippen LogP contribution in [0.25, 0.3) is 0 Å². The minimum absolute atomic E-state index is 0.639. The van der Waals surface area contributed by atoms with E-state index in [-0.39, 0.29) is 0 Å². The number of nitrogens with one attached hydrogen (secondary N) is 1. The van der Waals surface area contributed by atoms with Crippen LogP contribution in [0.1, 0.15) is 17.0 Å². The number of H-pyrrole nitrogens is 1.